The minimum Gasteiger partial charge on any atom is -0.353 e. The molecule has 1 fully saturated rings. The minimum atomic E-state index is 0.0893. The molecule has 0 aromatic heterocycles. The summed E-state index contributed by atoms with van der Waals surface area (Å²) < 4.78 is 0. The largest absolute Gasteiger partial charge is 0.353 e. The molecule has 4 nitrogen and oxygen atoms in total. The second-order valence-electron chi connectivity index (χ2n) is 5.43. The maximum atomic E-state index is 11.9. The monoisotopic (exact) mass is 254 g/mol. The molecular weight excluding hydrogens is 228 g/mol. The first-order valence-electron chi connectivity index (χ1n) is 7.05. The highest BCUT2D eigenvalue weighted by Crippen LogP contribution is 2.19. The molecule has 1 amide bonds. The molecule has 104 valence electrons. The van der Waals surface area contributed by atoms with E-state index < -0.39 is 0 Å². The fourth-order valence-electron chi connectivity index (χ4n) is 2.68. The van der Waals surface area contributed by atoms with Crippen LogP contribution in [0.3, 0.4) is 0 Å². The van der Waals surface area contributed by atoms with Gasteiger partial charge in [0.15, 0.2) is 0 Å². The van der Waals surface area contributed by atoms with E-state index in [1.165, 1.54) is 0 Å². The Kier molecular flexibility index (Phi) is 6.33. The van der Waals surface area contributed by atoms with Gasteiger partial charge in [0.05, 0.1) is 6.54 Å². The lowest BCUT2D eigenvalue weighted by atomic mass is 10.1. The normalized spacial score (nSPS) is 21.8. The van der Waals surface area contributed by atoms with E-state index in [1.807, 2.05) is 6.92 Å². The SMILES string of the molecule is CCCC(C)NC(=O)CN1CCCC1CC(C)=O. The van der Waals surface area contributed by atoms with Crippen LogP contribution in [0, 0.1) is 0 Å². The summed E-state index contributed by atoms with van der Waals surface area (Å²) in [4.78, 5) is 25.2. The van der Waals surface area contributed by atoms with Gasteiger partial charge in [0.2, 0.25) is 5.91 Å². The first kappa shape index (κ1) is 15.2. The summed E-state index contributed by atoms with van der Waals surface area (Å²) in [7, 11) is 0. The Labute approximate surface area is 110 Å². The van der Waals surface area contributed by atoms with Crippen LogP contribution < -0.4 is 5.32 Å². The summed E-state index contributed by atoms with van der Waals surface area (Å²) in [6.45, 7) is 7.16. The molecule has 1 N–H and O–H groups in total. The van der Waals surface area contributed by atoms with E-state index in [2.05, 4.69) is 17.1 Å². The van der Waals surface area contributed by atoms with Gasteiger partial charge in [0.25, 0.3) is 0 Å². The summed E-state index contributed by atoms with van der Waals surface area (Å²) in [5.41, 5.74) is 0. The van der Waals surface area contributed by atoms with Crippen LogP contribution in [-0.2, 0) is 9.59 Å². The van der Waals surface area contributed by atoms with Crippen molar-refractivity contribution >= 4 is 11.7 Å². The topological polar surface area (TPSA) is 49.4 Å². The maximum Gasteiger partial charge on any atom is 0.234 e. The van der Waals surface area contributed by atoms with E-state index in [9.17, 15) is 9.59 Å². The van der Waals surface area contributed by atoms with Gasteiger partial charge in [0.1, 0.15) is 5.78 Å². The van der Waals surface area contributed by atoms with E-state index in [1.54, 1.807) is 6.92 Å². The molecule has 0 saturated carbocycles. The van der Waals surface area contributed by atoms with Crippen LogP contribution in [0.4, 0.5) is 0 Å². The molecule has 0 aromatic carbocycles. The van der Waals surface area contributed by atoms with Crippen LogP contribution in [0.1, 0.15) is 52.9 Å². The molecule has 1 heterocycles. The number of nitrogens with one attached hydrogen (secondary N) is 1. The van der Waals surface area contributed by atoms with E-state index in [0.29, 0.717) is 13.0 Å². The third-order valence-corrected chi connectivity index (χ3v) is 3.50. The lowest BCUT2D eigenvalue weighted by molar-refractivity contribution is -0.124. The van der Waals surface area contributed by atoms with Crippen molar-refractivity contribution in [1.29, 1.82) is 0 Å². The molecular formula is C14H26N2O2. The summed E-state index contributed by atoms with van der Waals surface area (Å²) in [6, 6.07) is 0.520. The van der Waals surface area contributed by atoms with Gasteiger partial charge in [-0.15, -0.1) is 0 Å². The molecule has 0 aliphatic carbocycles. The zero-order chi connectivity index (χ0) is 13.5. The van der Waals surface area contributed by atoms with Crippen LogP contribution in [0.2, 0.25) is 0 Å². The van der Waals surface area contributed by atoms with Gasteiger partial charge >= 0.3 is 0 Å². The van der Waals surface area contributed by atoms with Crippen LogP contribution in [0.5, 0.6) is 0 Å². The smallest absolute Gasteiger partial charge is 0.234 e. The van der Waals surface area contributed by atoms with Gasteiger partial charge in [-0.3, -0.25) is 14.5 Å². The van der Waals surface area contributed by atoms with Gasteiger partial charge in [-0.25, -0.2) is 0 Å². The van der Waals surface area contributed by atoms with Gasteiger partial charge in [-0.2, -0.15) is 0 Å². The Morgan fingerprint density at radius 1 is 1.44 bits per heavy atom. The van der Waals surface area contributed by atoms with Crippen LogP contribution in [0.15, 0.2) is 0 Å². The van der Waals surface area contributed by atoms with E-state index >= 15 is 0 Å². The lowest BCUT2D eigenvalue weighted by Crippen LogP contribution is -2.43. The highest BCUT2D eigenvalue weighted by molar-refractivity contribution is 5.79. The van der Waals surface area contributed by atoms with Crippen LogP contribution in [0.25, 0.3) is 0 Å². The molecule has 2 unspecified atom stereocenters. The fourth-order valence-corrected chi connectivity index (χ4v) is 2.68. The molecule has 0 bridgehead atoms. The molecule has 0 spiro atoms. The molecule has 0 radical (unpaired) electrons. The average Bonchev–Trinajstić information content (AvgIpc) is 2.64. The maximum absolute atomic E-state index is 11.9. The molecule has 18 heavy (non-hydrogen) atoms. The van der Waals surface area contributed by atoms with Crippen molar-refractivity contribution in [3.8, 4) is 0 Å². The predicted molar refractivity (Wildman–Crippen MR) is 72.4 cm³/mol. The fraction of sp³-hybridized carbons (Fsp3) is 0.857. The Morgan fingerprint density at radius 3 is 2.78 bits per heavy atom. The minimum absolute atomic E-state index is 0.0893. The van der Waals surface area contributed by atoms with E-state index in [0.717, 1.165) is 32.2 Å². The van der Waals surface area contributed by atoms with Gasteiger partial charge in [0, 0.05) is 18.5 Å². The Balaban J connectivity index is 2.36. The van der Waals surface area contributed by atoms with Crippen molar-refractivity contribution in [1.82, 2.24) is 10.2 Å². The van der Waals surface area contributed by atoms with Gasteiger partial charge in [-0.1, -0.05) is 13.3 Å². The quantitative estimate of drug-likeness (QED) is 0.753. The zero-order valence-electron chi connectivity index (χ0n) is 11.9. The van der Waals surface area contributed by atoms with Crippen molar-refractivity contribution in [2.24, 2.45) is 0 Å². The van der Waals surface area contributed by atoms with Crippen molar-refractivity contribution in [2.45, 2.75) is 65.0 Å². The number of likely N-dealkylation sites (tertiary alicyclic amines) is 1. The number of hydrogen-bond donors (Lipinski definition) is 1. The third kappa shape index (κ3) is 5.17. The molecule has 1 aliphatic heterocycles. The van der Waals surface area contributed by atoms with Crippen LogP contribution >= 0.6 is 0 Å². The third-order valence-electron chi connectivity index (χ3n) is 3.50. The van der Waals surface area contributed by atoms with Gasteiger partial charge in [-0.05, 0) is 39.7 Å². The molecule has 4 heteroatoms. The zero-order valence-corrected chi connectivity index (χ0v) is 11.9. The summed E-state index contributed by atoms with van der Waals surface area (Å²) in [6.07, 6.45) is 4.81. The van der Waals surface area contributed by atoms with Crippen molar-refractivity contribution in [2.75, 3.05) is 13.1 Å². The molecule has 0 aromatic rings. The second-order valence-corrected chi connectivity index (χ2v) is 5.43. The molecule has 2 atom stereocenters. The summed E-state index contributed by atoms with van der Waals surface area (Å²) >= 11 is 0. The Morgan fingerprint density at radius 2 is 2.17 bits per heavy atom. The number of carbonyl (C=O) groups excluding carboxylic acids is 2. The number of Topliss-reactive ketones (excluding diaryl/α,β-unsaturated/α-hetero) is 1. The average molecular weight is 254 g/mol. The first-order chi connectivity index (χ1) is 8.52. The van der Waals surface area contributed by atoms with E-state index in [4.69, 9.17) is 0 Å². The highest BCUT2D eigenvalue weighted by Gasteiger charge is 2.27. The number of nitrogens with zero attached hydrogens (tertiary/aromatic N) is 1. The number of hydrogen-bond acceptors (Lipinski definition) is 3. The molecule has 1 aliphatic rings. The summed E-state index contributed by atoms with van der Waals surface area (Å²) in [5, 5.41) is 3.02. The number of carbonyl (C=O) groups is 2. The van der Waals surface area contributed by atoms with Crippen LogP contribution in [-0.4, -0.2) is 41.8 Å². The summed E-state index contributed by atoms with van der Waals surface area (Å²) in [5.74, 6) is 0.304. The number of ketones is 1. The first-order valence-corrected chi connectivity index (χ1v) is 7.05. The highest BCUT2D eigenvalue weighted by atomic mass is 16.2. The lowest BCUT2D eigenvalue weighted by Gasteiger charge is -2.24. The molecule has 1 rings (SSSR count). The number of amides is 1. The Bertz CT molecular complexity index is 292. The number of rotatable bonds is 7. The molecule has 1 saturated heterocycles. The standard InChI is InChI=1S/C14H26N2O2/c1-4-6-11(2)15-14(18)10-16-8-5-7-13(16)9-12(3)17/h11,13H,4-10H2,1-3H3,(H,15,18). The van der Waals surface area contributed by atoms with E-state index in [-0.39, 0.29) is 23.8 Å². The second kappa shape index (κ2) is 7.52. The van der Waals surface area contributed by atoms with Gasteiger partial charge < -0.3 is 5.32 Å². The van der Waals surface area contributed by atoms with Crippen molar-refractivity contribution in [3.63, 3.8) is 0 Å². The Hall–Kier alpha value is -0.900. The predicted octanol–water partition coefficient (Wildman–Crippen LogP) is 1.73. The van der Waals surface area contributed by atoms with Crippen molar-refractivity contribution in [3.05, 3.63) is 0 Å². The van der Waals surface area contributed by atoms with Crippen molar-refractivity contribution < 1.29 is 9.59 Å².